The van der Waals surface area contributed by atoms with Crippen molar-refractivity contribution in [2.24, 2.45) is 11.8 Å². The zero-order valence-corrected chi connectivity index (χ0v) is 10.9. The molecule has 0 aliphatic carbocycles. The molecule has 0 radical (unpaired) electrons. The van der Waals surface area contributed by atoms with Gasteiger partial charge >= 0.3 is 12.4 Å². The maximum absolute atomic E-state index is 12.5. The van der Waals surface area contributed by atoms with Crippen LogP contribution in [-0.2, 0) is 0 Å². The summed E-state index contributed by atoms with van der Waals surface area (Å²) in [6.45, 7) is 4.48. The molecule has 0 aliphatic rings. The number of hydrogen-bond acceptors (Lipinski definition) is 1. The third-order valence-corrected chi connectivity index (χ3v) is 2.84. The molecule has 0 saturated carbocycles. The van der Waals surface area contributed by atoms with Crippen molar-refractivity contribution in [1.29, 1.82) is 0 Å². The maximum atomic E-state index is 12.5. The fourth-order valence-corrected chi connectivity index (χ4v) is 1.56. The van der Waals surface area contributed by atoms with Crippen LogP contribution in [-0.4, -0.2) is 23.1 Å². The van der Waals surface area contributed by atoms with Crippen molar-refractivity contribution in [3.63, 3.8) is 0 Å². The average Bonchev–Trinajstić information content (AvgIpc) is 2.19. The van der Waals surface area contributed by atoms with Crippen LogP contribution in [0.3, 0.4) is 0 Å². The summed E-state index contributed by atoms with van der Waals surface area (Å²) in [6, 6.07) is 0. The van der Waals surface area contributed by atoms with E-state index in [-0.39, 0.29) is 5.92 Å². The smallest absolute Gasteiger partial charge is 0.373 e. The van der Waals surface area contributed by atoms with E-state index in [9.17, 15) is 26.3 Å². The van der Waals surface area contributed by atoms with Crippen molar-refractivity contribution in [3.8, 4) is 0 Å². The van der Waals surface area contributed by atoms with Crippen LogP contribution < -0.4 is 0 Å². The Morgan fingerprint density at radius 3 is 1.53 bits per heavy atom. The first-order valence-corrected chi connectivity index (χ1v) is 5.84. The van der Waals surface area contributed by atoms with Gasteiger partial charge < -0.3 is 5.11 Å². The largest absolute Gasteiger partial charge is 0.426 e. The van der Waals surface area contributed by atoms with Crippen molar-refractivity contribution >= 4 is 0 Å². The van der Waals surface area contributed by atoms with Crippen LogP contribution in [0.5, 0.6) is 0 Å². The lowest BCUT2D eigenvalue weighted by molar-refractivity contribution is -0.383. The highest BCUT2D eigenvalue weighted by molar-refractivity contribution is 5.00. The van der Waals surface area contributed by atoms with Gasteiger partial charge in [0.15, 0.2) is 0 Å². The van der Waals surface area contributed by atoms with E-state index in [0.29, 0.717) is 6.42 Å². The molecule has 7 heteroatoms. The highest BCUT2D eigenvalue weighted by atomic mass is 19.4. The molecule has 1 N–H and O–H groups in total. The van der Waals surface area contributed by atoms with E-state index >= 15 is 0 Å². The van der Waals surface area contributed by atoms with Gasteiger partial charge in [-0.05, 0) is 18.8 Å². The van der Waals surface area contributed by atoms with Crippen molar-refractivity contribution in [3.05, 3.63) is 12.2 Å². The second-order valence-corrected chi connectivity index (χ2v) is 5.00. The topological polar surface area (TPSA) is 20.2 Å². The Balaban J connectivity index is 4.97. The summed E-state index contributed by atoms with van der Waals surface area (Å²) in [5, 5.41) is 9.08. The lowest BCUT2D eigenvalue weighted by Crippen LogP contribution is -2.60. The predicted molar refractivity (Wildman–Crippen MR) is 59.4 cm³/mol. The Bertz CT molecular complexity index is 288. The van der Waals surface area contributed by atoms with Crippen LogP contribution in [0.2, 0.25) is 0 Å². The maximum Gasteiger partial charge on any atom is 0.426 e. The third kappa shape index (κ3) is 4.40. The van der Waals surface area contributed by atoms with Crippen molar-refractivity contribution in [2.45, 2.75) is 51.6 Å². The second-order valence-electron chi connectivity index (χ2n) is 5.00. The van der Waals surface area contributed by atoms with Gasteiger partial charge in [-0.25, -0.2) is 0 Å². The zero-order chi connectivity index (χ0) is 15.5. The molecule has 0 heterocycles. The SMILES string of the molecule is CC(C)C/C=C\CC(C)C(O)(C(F)(F)F)C(F)(F)F. The molecule has 0 fully saturated rings. The fourth-order valence-electron chi connectivity index (χ4n) is 1.56. The van der Waals surface area contributed by atoms with Crippen molar-refractivity contribution in [2.75, 3.05) is 0 Å². The monoisotopic (exact) mass is 292 g/mol. The Labute approximate surface area is 108 Å². The highest BCUT2D eigenvalue weighted by Gasteiger charge is 2.72. The first kappa shape index (κ1) is 18.3. The molecule has 0 aliphatic heterocycles. The van der Waals surface area contributed by atoms with Gasteiger partial charge in [0.2, 0.25) is 0 Å². The van der Waals surface area contributed by atoms with E-state index in [2.05, 4.69) is 0 Å². The second kappa shape index (κ2) is 6.15. The predicted octanol–water partition coefficient (Wildman–Crippen LogP) is 4.47. The number of aliphatic hydroxyl groups is 1. The minimum Gasteiger partial charge on any atom is -0.373 e. The van der Waals surface area contributed by atoms with Crippen molar-refractivity contribution in [1.82, 2.24) is 0 Å². The molecule has 0 spiro atoms. The summed E-state index contributed by atoms with van der Waals surface area (Å²) in [5.74, 6) is -1.74. The van der Waals surface area contributed by atoms with E-state index in [1.165, 1.54) is 12.2 Å². The summed E-state index contributed by atoms with van der Waals surface area (Å²) < 4.78 is 75.0. The summed E-state index contributed by atoms with van der Waals surface area (Å²) in [4.78, 5) is 0. The molecule has 1 atom stereocenters. The van der Waals surface area contributed by atoms with Crippen LogP contribution >= 0.6 is 0 Å². The fraction of sp³-hybridized carbons (Fsp3) is 0.833. The molecule has 0 amide bonds. The van der Waals surface area contributed by atoms with Gasteiger partial charge in [0.05, 0.1) is 0 Å². The number of hydrogen-bond donors (Lipinski definition) is 1. The number of rotatable bonds is 5. The molecule has 0 saturated heterocycles. The lowest BCUT2D eigenvalue weighted by Gasteiger charge is -2.36. The molecule has 1 nitrogen and oxygen atoms in total. The Hall–Kier alpha value is -0.720. The quantitative estimate of drug-likeness (QED) is 0.585. The molecule has 0 aromatic heterocycles. The minimum absolute atomic E-state index is 0.260. The number of alkyl halides is 6. The van der Waals surface area contributed by atoms with E-state index in [1.54, 1.807) is 0 Å². The van der Waals surface area contributed by atoms with Gasteiger partial charge in [-0.15, -0.1) is 0 Å². The molecular formula is C12H18F6O. The Morgan fingerprint density at radius 1 is 0.842 bits per heavy atom. The Morgan fingerprint density at radius 2 is 1.21 bits per heavy atom. The molecular weight excluding hydrogens is 274 g/mol. The molecule has 114 valence electrons. The molecule has 1 unspecified atom stereocenters. The number of allylic oxidation sites excluding steroid dienone is 2. The number of halogens is 6. The van der Waals surface area contributed by atoms with E-state index in [4.69, 9.17) is 5.11 Å². The van der Waals surface area contributed by atoms with E-state index in [0.717, 1.165) is 6.92 Å². The highest BCUT2D eigenvalue weighted by Crippen LogP contribution is 2.48. The van der Waals surface area contributed by atoms with Crippen LogP contribution in [0.4, 0.5) is 26.3 Å². The average molecular weight is 292 g/mol. The summed E-state index contributed by atoms with van der Waals surface area (Å²) in [6.07, 6.45) is -8.68. The van der Waals surface area contributed by atoms with Crippen LogP contribution in [0, 0.1) is 11.8 Å². The van der Waals surface area contributed by atoms with Crippen LogP contribution in [0.15, 0.2) is 12.2 Å². The molecule has 0 aromatic carbocycles. The van der Waals surface area contributed by atoms with E-state index in [1.807, 2.05) is 13.8 Å². The summed E-state index contributed by atoms with van der Waals surface area (Å²) >= 11 is 0. The van der Waals surface area contributed by atoms with Gasteiger partial charge in [0.1, 0.15) is 0 Å². The lowest BCUT2D eigenvalue weighted by atomic mass is 9.84. The zero-order valence-electron chi connectivity index (χ0n) is 10.9. The third-order valence-electron chi connectivity index (χ3n) is 2.84. The van der Waals surface area contributed by atoms with Gasteiger partial charge in [-0.3, -0.25) is 0 Å². The first-order valence-electron chi connectivity index (χ1n) is 5.84. The normalized spacial score (nSPS) is 16.4. The van der Waals surface area contributed by atoms with Crippen LogP contribution in [0.1, 0.15) is 33.6 Å². The standard InChI is InChI=1S/C12H18F6O/c1-8(2)6-4-5-7-9(3)10(19,11(13,14)15)12(16,17)18/h4-5,8-9,19H,6-7H2,1-3H3/b5-4-. The minimum atomic E-state index is -5.75. The Kier molecular flexibility index (Phi) is 5.92. The molecule has 0 rings (SSSR count). The summed E-state index contributed by atoms with van der Waals surface area (Å²) in [7, 11) is 0. The van der Waals surface area contributed by atoms with Crippen LogP contribution in [0.25, 0.3) is 0 Å². The van der Waals surface area contributed by atoms with Gasteiger partial charge in [-0.1, -0.05) is 32.9 Å². The van der Waals surface area contributed by atoms with E-state index < -0.39 is 30.3 Å². The molecule has 0 aromatic rings. The van der Waals surface area contributed by atoms with Gasteiger partial charge in [-0.2, -0.15) is 26.3 Å². The van der Waals surface area contributed by atoms with Crippen molar-refractivity contribution < 1.29 is 31.4 Å². The first-order chi connectivity index (χ1) is 8.34. The van der Waals surface area contributed by atoms with Gasteiger partial charge in [0, 0.05) is 5.92 Å². The molecule has 0 bridgehead atoms. The molecule has 19 heavy (non-hydrogen) atoms. The van der Waals surface area contributed by atoms with Gasteiger partial charge in [0.25, 0.3) is 5.60 Å². The summed E-state index contributed by atoms with van der Waals surface area (Å²) in [5.41, 5.74) is -4.68.